The van der Waals surface area contributed by atoms with E-state index in [2.05, 4.69) is 20.4 Å². The molecule has 3 rings (SSSR count). The molecule has 1 atom stereocenters. The van der Waals surface area contributed by atoms with E-state index in [1.165, 1.54) is 6.20 Å². The van der Waals surface area contributed by atoms with Crippen molar-refractivity contribution in [2.75, 3.05) is 0 Å². The Kier molecular flexibility index (Phi) is 5.54. The van der Waals surface area contributed by atoms with Crippen molar-refractivity contribution < 1.29 is 4.79 Å². The van der Waals surface area contributed by atoms with Crippen molar-refractivity contribution in [3.05, 3.63) is 58.8 Å². The van der Waals surface area contributed by atoms with E-state index in [1.807, 2.05) is 25.3 Å². The van der Waals surface area contributed by atoms with Crippen LogP contribution in [-0.4, -0.2) is 31.7 Å². The van der Waals surface area contributed by atoms with Crippen LogP contribution in [0.15, 0.2) is 36.7 Å². The zero-order valence-corrected chi connectivity index (χ0v) is 15.4. The Morgan fingerprint density at radius 1 is 1.48 bits per heavy atom. The van der Waals surface area contributed by atoms with Crippen LogP contribution in [0.2, 0.25) is 5.02 Å². The fourth-order valence-electron chi connectivity index (χ4n) is 2.59. The topological polar surface area (TPSA) is 125 Å². The van der Waals surface area contributed by atoms with Gasteiger partial charge in [0.05, 0.1) is 35.6 Å². The summed E-state index contributed by atoms with van der Waals surface area (Å²) in [5, 5.41) is 16.7. The molecule has 1 aromatic carbocycles. The molecule has 3 aromatic rings. The minimum atomic E-state index is -0.249. The predicted octanol–water partition coefficient (Wildman–Crippen LogP) is 2.08. The van der Waals surface area contributed by atoms with Crippen LogP contribution in [0.25, 0.3) is 11.3 Å². The van der Waals surface area contributed by atoms with Crippen molar-refractivity contribution in [3.63, 3.8) is 0 Å². The second-order valence-corrected chi connectivity index (χ2v) is 6.46. The first-order valence-corrected chi connectivity index (χ1v) is 8.66. The summed E-state index contributed by atoms with van der Waals surface area (Å²) in [4.78, 5) is 19.1. The molecule has 0 fully saturated rings. The molecule has 0 aliphatic carbocycles. The number of aromatic amines is 1. The van der Waals surface area contributed by atoms with E-state index in [9.17, 15) is 4.79 Å². The third-order valence-electron chi connectivity index (χ3n) is 3.93. The van der Waals surface area contributed by atoms with E-state index in [-0.39, 0.29) is 18.5 Å². The molecule has 8 nitrogen and oxygen atoms in total. The van der Waals surface area contributed by atoms with Crippen LogP contribution in [0.4, 0.5) is 0 Å². The molecular formula is C18H18ClN7O. The minimum Gasteiger partial charge on any atom is -0.346 e. The van der Waals surface area contributed by atoms with Gasteiger partial charge in [0.1, 0.15) is 17.6 Å². The van der Waals surface area contributed by atoms with Crippen molar-refractivity contribution in [1.82, 2.24) is 25.1 Å². The first-order chi connectivity index (χ1) is 13.0. The van der Waals surface area contributed by atoms with Crippen LogP contribution in [0, 0.1) is 11.3 Å². The molecule has 4 N–H and O–H groups in total. The van der Waals surface area contributed by atoms with Gasteiger partial charge in [0, 0.05) is 17.8 Å². The summed E-state index contributed by atoms with van der Waals surface area (Å²) in [6.07, 6.45) is 3.29. The number of aromatic nitrogens is 4. The zero-order chi connectivity index (χ0) is 19.4. The number of rotatable bonds is 6. The van der Waals surface area contributed by atoms with Crippen molar-refractivity contribution >= 4 is 17.5 Å². The summed E-state index contributed by atoms with van der Waals surface area (Å²) < 4.78 is 1.74. The largest absolute Gasteiger partial charge is 0.346 e. The first-order valence-electron chi connectivity index (χ1n) is 8.28. The van der Waals surface area contributed by atoms with Gasteiger partial charge < -0.3 is 16.0 Å². The average molecular weight is 384 g/mol. The smallest absolute Gasteiger partial charge is 0.269 e. The van der Waals surface area contributed by atoms with Gasteiger partial charge >= 0.3 is 0 Å². The van der Waals surface area contributed by atoms with Gasteiger partial charge in [0.15, 0.2) is 0 Å². The second kappa shape index (κ2) is 8.03. The lowest BCUT2D eigenvalue weighted by Crippen LogP contribution is -2.36. The predicted molar refractivity (Wildman–Crippen MR) is 101 cm³/mol. The number of nitrogens with one attached hydrogen (secondary N) is 2. The monoisotopic (exact) mass is 383 g/mol. The normalized spacial score (nSPS) is 11.8. The lowest BCUT2D eigenvalue weighted by Gasteiger charge is -2.13. The van der Waals surface area contributed by atoms with Crippen LogP contribution >= 0.6 is 11.6 Å². The maximum Gasteiger partial charge on any atom is 0.269 e. The van der Waals surface area contributed by atoms with Gasteiger partial charge in [-0.2, -0.15) is 10.4 Å². The first kappa shape index (κ1) is 18.6. The van der Waals surface area contributed by atoms with Gasteiger partial charge in [-0.15, -0.1) is 0 Å². The van der Waals surface area contributed by atoms with E-state index < -0.39 is 0 Å². The molecule has 138 valence electrons. The highest BCUT2D eigenvalue weighted by atomic mass is 35.5. The lowest BCUT2D eigenvalue weighted by molar-refractivity contribution is 0.0931. The Hall–Kier alpha value is -3.15. The molecule has 0 unspecified atom stereocenters. The van der Waals surface area contributed by atoms with Gasteiger partial charge in [0.25, 0.3) is 5.91 Å². The molecule has 0 radical (unpaired) electrons. The number of carbonyl (C=O) groups is 1. The molecule has 9 heteroatoms. The van der Waals surface area contributed by atoms with Gasteiger partial charge in [-0.25, -0.2) is 4.98 Å². The van der Waals surface area contributed by atoms with E-state index in [0.29, 0.717) is 28.6 Å². The number of nitriles is 1. The molecule has 0 spiro atoms. The summed E-state index contributed by atoms with van der Waals surface area (Å²) in [5.74, 6) is 0.312. The summed E-state index contributed by atoms with van der Waals surface area (Å²) >= 11 is 6.08. The van der Waals surface area contributed by atoms with Gasteiger partial charge in [-0.05, 0) is 25.1 Å². The number of H-pyrrole nitrogens is 1. The van der Waals surface area contributed by atoms with Crippen LogP contribution in [0.1, 0.15) is 28.8 Å². The summed E-state index contributed by atoms with van der Waals surface area (Å²) in [6.45, 7) is 2.63. The van der Waals surface area contributed by atoms with Gasteiger partial charge in [0.2, 0.25) is 0 Å². The molecule has 0 aliphatic rings. The third kappa shape index (κ3) is 4.34. The Morgan fingerprint density at radius 3 is 2.96 bits per heavy atom. The molecule has 0 saturated carbocycles. The average Bonchev–Trinajstić information content (AvgIpc) is 3.30. The molecule has 0 aliphatic heterocycles. The molecule has 0 bridgehead atoms. The maximum absolute atomic E-state index is 12.2. The standard InChI is InChI=1S/C18H18ClN7O/c1-11(23-18(27)16-9-22-17(8-21)24-16)10-26-5-4-15(25-26)12-2-3-13(7-20)14(19)6-12/h2-6,9,11H,8,10,21H2,1H3,(H,22,24)(H,23,27)/t11-/m1/s1. The number of halogens is 1. The number of hydrogen-bond donors (Lipinski definition) is 3. The van der Waals surface area contributed by atoms with Crippen LogP contribution in [0.3, 0.4) is 0 Å². The van der Waals surface area contributed by atoms with Crippen molar-refractivity contribution in [2.24, 2.45) is 5.73 Å². The zero-order valence-electron chi connectivity index (χ0n) is 14.6. The fraction of sp³-hybridized carbons (Fsp3) is 0.222. The Bertz CT molecular complexity index is 1000. The number of nitrogens with two attached hydrogens (primary N) is 1. The van der Waals surface area contributed by atoms with Crippen molar-refractivity contribution in [3.8, 4) is 17.3 Å². The summed E-state index contributed by atoms with van der Waals surface area (Å²) in [6, 6.07) is 8.91. The van der Waals surface area contributed by atoms with E-state index >= 15 is 0 Å². The molecule has 2 heterocycles. The minimum absolute atomic E-state index is 0.153. The number of nitrogens with zero attached hydrogens (tertiary/aromatic N) is 4. The molecule has 27 heavy (non-hydrogen) atoms. The Balaban J connectivity index is 1.64. The SMILES string of the molecule is C[C@H](Cn1ccc(-c2ccc(C#N)c(Cl)c2)n1)NC(=O)c1cnc(CN)[nH]1. The fourth-order valence-corrected chi connectivity index (χ4v) is 2.81. The van der Waals surface area contributed by atoms with Crippen LogP contribution in [-0.2, 0) is 13.1 Å². The Morgan fingerprint density at radius 2 is 2.30 bits per heavy atom. The third-order valence-corrected chi connectivity index (χ3v) is 4.24. The van der Waals surface area contributed by atoms with Crippen LogP contribution < -0.4 is 11.1 Å². The van der Waals surface area contributed by atoms with Gasteiger partial charge in [-0.1, -0.05) is 17.7 Å². The number of benzene rings is 1. The van der Waals surface area contributed by atoms with Crippen LogP contribution in [0.5, 0.6) is 0 Å². The van der Waals surface area contributed by atoms with Crippen molar-refractivity contribution in [1.29, 1.82) is 5.26 Å². The second-order valence-electron chi connectivity index (χ2n) is 6.05. The highest BCUT2D eigenvalue weighted by Gasteiger charge is 2.13. The molecule has 0 saturated heterocycles. The summed E-state index contributed by atoms with van der Waals surface area (Å²) in [7, 11) is 0. The quantitative estimate of drug-likeness (QED) is 0.600. The highest BCUT2D eigenvalue weighted by Crippen LogP contribution is 2.24. The molecule has 2 aromatic heterocycles. The number of carbonyl (C=O) groups excluding carboxylic acids is 1. The highest BCUT2D eigenvalue weighted by molar-refractivity contribution is 6.32. The number of amides is 1. The van der Waals surface area contributed by atoms with E-state index in [1.54, 1.807) is 22.9 Å². The molecule has 1 amide bonds. The lowest BCUT2D eigenvalue weighted by atomic mass is 10.1. The number of hydrogen-bond acceptors (Lipinski definition) is 5. The Labute approximate surface area is 161 Å². The maximum atomic E-state index is 12.2. The van der Waals surface area contributed by atoms with E-state index in [0.717, 1.165) is 11.3 Å². The van der Waals surface area contributed by atoms with E-state index in [4.69, 9.17) is 22.6 Å². The molecular weight excluding hydrogens is 366 g/mol. The number of imidazole rings is 1. The van der Waals surface area contributed by atoms with Crippen molar-refractivity contribution in [2.45, 2.75) is 26.1 Å². The summed E-state index contributed by atoms with van der Waals surface area (Å²) in [5.41, 5.74) is 7.83. The van der Waals surface area contributed by atoms with Gasteiger partial charge in [-0.3, -0.25) is 9.48 Å².